The Bertz CT molecular complexity index is 807. The normalized spacial score (nSPS) is 10.7. The Labute approximate surface area is 157 Å². The minimum absolute atomic E-state index is 0.00783. The molecule has 3 aromatic rings. The Morgan fingerprint density at radius 3 is 2.00 bits per heavy atom. The number of carbonyl (C=O) groups is 1. The lowest BCUT2D eigenvalue weighted by atomic mass is 9.88. The summed E-state index contributed by atoms with van der Waals surface area (Å²) in [5.41, 5.74) is 4.25. The molecule has 0 radical (unpaired) electrons. The van der Waals surface area contributed by atoms with Crippen LogP contribution in [0.4, 0.5) is 5.69 Å². The molecule has 0 aliphatic carbocycles. The molecule has 0 spiro atoms. The zero-order chi connectivity index (χ0) is 17.6. The number of anilines is 1. The molecule has 3 aromatic carbocycles. The number of rotatable bonds is 5. The first-order chi connectivity index (χ1) is 12.1. The zero-order valence-electron chi connectivity index (χ0n) is 14.1. The number of aryl methyl sites for hydroxylation is 1. The van der Waals surface area contributed by atoms with E-state index in [9.17, 15) is 4.79 Å². The number of benzene rings is 3. The van der Waals surface area contributed by atoms with Crippen molar-refractivity contribution in [2.75, 3.05) is 5.32 Å². The van der Waals surface area contributed by atoms with Gasteiger partial charge in [-0.05, 0) is 35.7 Å². The lowest BCUT2D eigenvalue weighted by molar-refractivity contribution is -0.116. The van der Waals surface area contributed by atoms with E-state index in [1.165, 1.54) is 0 Å². The van der Waals surface area contributed by atoms with Crippen molar-refractivity contribution >= 4 is 27.5 Å². The van der Waals surface area contributed by atoms with Gasteiger partial charge in [0.15, 0.2) is 0 Å². The van der Waals surface area contributed by atoms with Gasteiger partial charge < -0.3 is 5.32 Å². The third-order valence-corrected chi connectivity index (χ3v) is 5.10. The molecule has 0 fully saturated rings. The maximum Gasteiger partial charge on any atom is 0.225 e. The molecule has 0 aliphatic heterocycles. The van der Waals surface area contributed by atoms with E-state index in [0.29, 0.717) is 6.42 Å². The summed E-state index contributed by atoms with van der Waals surface area (Å²) in [5.74, 6) is 0.0461. The maximum atomic E-state index is 12.6. The molecule has 3 heteroatoms. The van der Waals surface area contributed by atoms with Gasteiger partial charge in [-0.2, -0.15) is 0 Å². The van der Waals surface area contributed by atoms with Crippen molar-refractivity contribution in [3.05, 3.63) is 100 Å². The van der Waals surface area contributed by atoms with Gasteiger partial charge in [0.25, 0.3) is 0 Å². The van der Waals surface area contributed by atoms with Crippen LogP contribution >= 0.6 is 15.9 Å². The van der Waals surface area contributed by atoms with Gasteiger partial charge in [0.1, 0.15) is 0 Å². The van der Waals surface area contributed by atoms with E-state index < -0.39 is 0 Å². The maximum absolute atomic E-state index is 12.6. The van der Waals surface area contributed by atoms with Gasteiger partial charge in [-0.15, -0.1) is 0 Å². The molecule has 1 N–H and O–H groups in total. The van der Waals surface area contributed by atoms with Crippen LogP contribution in [0.1, 0.15) is 29.0 Å². The summed E-state index contributed by atoms with van der Waals surface area (Å²) in [7, 11) is 0. The Morgan fingerprint density at radius 1 is 0.920 bits per heavy atom. The van der Waals surface area contributed by atoms with Crippen LogP contribution < -0.4 is 5.32 Å². The van der Waals surface area contributed by atoms with Crippen molar-refractivity contribution < 1.29 is 4.79 Å². The van der Waals surface area contributed by atoms with E-state index in [-0.39, 0.29) is 11.8 Å². The smallest absolute Gasteiger partial charge is 0.225 e. The second-order valence-electron chi connectivity index (χ2n) is 6.09. The zero-order valence-corrected chi connectivity index (χ0v) is 15.7. The van der Waals surface area contributed by atoms with Crippen LogP contribution in [0.15, 0.2) is 83.3 Å². The molecule has 0 heterocycles. The fourth-order valence-corrected chi connectivity index (χ4v) is 3.25. The van der Waals surface area contributed by atoms with Crippen molar-refractivity contribution in [3.8, 4) is 0 Å². The number of hydrogen-bond acceptors (Lipinski definition) is 1. The van der Waals surface area contributed by atoms with Crippen molar-refractivity contribution in [2.24, 2.45) is 0 Å². The average Bonchev–Trinajstić information content (AvgIpc) is 2.64. The van der Waals surface area contributed by atoms with Crippen molar-refractivity contribution in [1.82, 2.24) is 0 Å². The summed E-state index contributed by atoms with van der Waals surface area (Å²) in [6, 6.07) is 26.2. The van der Waals surface area contributed by atoms with E-state index in [1.807, 2.05) is 61.5 Å². The van der Waals surface area contributed by atoms with Gasteiger partial charge in [0, 0.05) is 22.5 Å². The average molecular weight is 394 g/mol. The van der Waals surface area contributed by atoms with Crippen LogP contribution in [0.2, 0.25) is 0 Å². The van der Waals surface area contributed by atoms with Gasteiger partial charge in [0.2, 0.25) is 5.91 Å². The first-order valence-corrected chi connectivity index (χ1v) is 9.08. The minimum Gasteiger partial charge on any atom is -0.326 e. The molecular formula is C22H20BrNO. The Kier molecular flexibility index (Phi) is 5.67. The quantitative estimate of drug-likeness (QED) is 0.572. The predicted octanol–water partition coefficient (Wildman–Crippen LogP) is 5.92. The van der Waals surface area contributed by atoms with Crippen LogP contribution in [-0.2, 0) is 4.79 Å². The Balaban J connectivity index is 1.80. The summed E-state index contributed by atoms with van der Waals surface area (Å²) in [6.07, 6.45) is 0.402. The topological polar surface area (TPSA) is 29.1 Å². The van der Waals surface area contributed by atoms with Crippen molar-refractivity contribution in [2.45, 2.75) is 19.3 Å². The second-order valence-corrected chi connectivity index (χ2v) is 6.94. The standard InChI is InChI=1S/C22H20BrNO/c1-16-12-13-19(14-21(16)23)24-22(25)15-20(17-8-4-2-5-9-17)18-10-6-3-7-11-18/h2-14,20H,15H2,1H3,(H,24,25). The SMILES string of the molecule is Cc1ccc(NC(=O)CC(c2ccccc2)c2ccccc2)cc1Br. The highest BCUT2D eigenvalue weighted by Crippen LogP contribution is 2.28. The van der Waals surface area contributed by atoms with Crippen LogP contribution in [0.25, 0.3) is 0 Å². The van der Waals surface area contributed by atoms with E-state index in [1.54, 1.807) is 0 Å². The second kappa shape index (κ2) is 8.13. The Hall–Kier alpha value is -2.39. The molecule has 0 aromatic heterocycles. The molecule has 0 atom stereocenters. The summed E-state index contributed by atoms with van der Waals surface area (Å²) >= 11 is 3.51. The number of nitrogens with one attached hydrogen (secondary N) is 1. The number of amides is 1. The molecule has 1 amide bonds. The molecule has 0 saturated carbocycles. The number of halogens is 1. The first kappa shape index (κ1) is 17.4. The molecular weight excluding hydrogens is 374 g/mol. The van der Waals surface area contributed by atoms with E-state index in [2.05, 4.69) is 45.5 Å². The van der Waals surface area contributed by atoms with Gasteiger partial charge in [-0.1, -0.05) is 82.7 Å². The summed E-state index contributed by atoms with van der Waals surface area (Å²) in [5, 5.41) is 3.01. The van der Waals surface area contributed by atoms with E-state index in [4.69, 9.17) is 0 Å². The van der Waals surface area contributed by atoms with Gasteiger partial charge in [-0.3, -0.25) is 4.79 Å². The monoisotopic (exact) mass is 393 g/mol. The van der Waals surface area contributed by atoms with E-state index in [0.717, 1.165) is 26.9 Å². The molecule has 126 valence electrons. The largest absolute Gasteiger partial charge is 0.326 e. The number of hydrogen-bond donors (Lipinski definition) is 1. The molecule has 0 aliphatic rings. The fourth-order valence-electron chi connectivity index (χ4n) is 2.87. The first-order valence-electron chi connectivity index (χ1n) is 8.29. The molecule has 3 rings (SSSR count). The lowest BCUT2D eigenvalue weighted by Gasteiger charge is -2.18. The summed E-state index contributed by atoms with van der Waals surface area (Å²) in [4.78, 5) is 12.6. The lowest BCUT2D eigenvalue weighted by Crippen LogP contribution is -2.16. The van der Waals surface area contributed by atoms with Crippen molar-refractivity contribution in [3.63, 3.8) is 0 Å². The highest BCUT2D eigenvalue weighted by Gasteiger charge is 2.18. The van der Waals surface area contributed by atoms with Crippen LogP contribution in [0, 0.1) is 6.92 Å². The summed E-state index contributed by atoms with van der Waals surface area (Å²) < 4.78 is 0.993. The third kappa shape index (κ3) is 4.58. The van der Waals surface area contributed by atoms with E-state index >= 15 is 0 Å². The number of carbonyl (C=O) groups excluding carboxylic acids is 1. The van der Waals surface area contributed by atoms with Gasteiger partial charge in [-0.25, -0.2) is 0 Å². The van der Waals surface area contributed by atoms with Crippen LogP contribution in [0.5, 0.6) is 0 Å². The highest BCUT2D eigenvalue weighted by atomic mass is 79.9. The molecule has 0 unspecified atom stereocenters. The predicted molar refractivity (Wildman–Crippen MR) is 107 cm³/mol. The van der Waals surface area contributed by atoms with Crippen LogP contribution in [-0.4, -0.2) is 5.91 Å². The molecule has 0 bridgehead atoms. The molecule has 0 saturated heterocycles. The van der Waals surface area contributed by atoms with Crippen molar-refractivity contribution in [1.29, 1.82) is 0 Å². The van der Waals surface area contributed by atoms with Crippen LogP contribution in [0.3, 0.4) is 0 Å². The fraction of sp³-hybridized carbons (Fsp3) is 0.136. The van der Waals surface area contributed by atoms with Gasteiger partial charge in [0.05, 0.1) is 0 Å². The third-order valence-electron chi connectivity index (χ3n) is 4.25. The van der Waals surface area contributed by atoms with Gasteiger partial charge >= 0.3 is 0 Å². The minimum atomic E-state index is 0.00783. The molecule has 2 nitrogen and oxygen atoms in total. The summed E-state index contributed by atoms with van der Waals surface area (Å²) in [6.45, 7) is 2.02. The molecule has 25 heavy (non-hydrogen) atoms. The Morgan fingerprint density at radius 2 is 1.48 bits per heavy atom. The highest BCUT2D eigenvalue weighted by molar-refractivity contribution is 9.10.